The SMILES string of the molecule is O=C1[C@@H]2[C@@H](C(=O)N1c1ccc(Oc3cccc(Oc4ccc(N5C(=O)[C@@H]6[C@H](C5=O)[C@H]5C=C[C@H]6C5)cc4)c3)cc1)[C@H]1C=C[C@@H]2C1. The monoisotopic (exact) mass is 584 g/mol. The van der Waals surface area contributed by atoms with E-state index >= 15 is 0 Å². The van der Waals surface area contributed by atoms with Crippen LogP contribution in [-0.2, 0) is 19.2 Å². The van der Waals surface area contributed by atoms with Gasteiger partial charge in [0.15, 0.2) is 0 Å². The van der Waals surface area contributed by atoms with E-state index in [4.69, 9.17) is 9.47 Å². The number of hydrogen-bond donors (Lipinski definition) is 0. The molecular weight excluding hydrogens is 556 g/mol. The lowest BCUT2D eigenvalue weighted by molar-refractivity contribution is -0.124. The number of imide groups is 2. The third-order valence-corrected chi connectivity index (χ3v) is 10.4. The van der Waals surface area contributed by atoms with Gasteiger partial charge >= 0.3 is 0 Å². The quantitative estimate of drug-likeness (QED) is 0.265. The second-order valence-electron chi connectivity index (χ2n) is 12.7. The van der Waals surface area contributed by atoms with Gasteiger partial charge in [-0.1, -0.05) is 30.4 Å². The molecule has 0 spiro atoms. The van der Waals surface area contributed by atoms with Crippen molar-refractivity contribution in [3.05, 3.63) is 97.1 Å². The maximum absolute atomic E-state index is 13.1. The lowest BCUT2D eigenvalue weighted by Crippen LogP contribution is -2.32. The molecule has 4 fully saturated rings. The number of rotatable bonds is 6. The molecule has 9 rings (SSSR count). The van der Waals surface area contributed by atoms with Crippen LogP contribution in [0.4, 0.5) is 11.4 Å². The van der Waals surface area contributed by atoms with Crippen LogP contribution >= 0.6 is 0 Å². The molecule has 4 aliphatic carbocycles. The minimum absolute atomic E-state index is 0.103. The van der Waals surface area contributed by atoms with Gasteiger partial charge in [-0.05, 0) is 97.2 Å². The summed E-state index contributed by atoms with van der Waals surface area (Å²) in [5, 5.41) is 0. The fourth-order valence-corrected chi connectivity index (χ4v) is 8.51. The van der Waals surface area contributed by atoms with Gasteiger partial charge in [0, 0.05) is 6.07 Å². The highest BCUT2D eigenvalue weighted by Gasteiger charge is 2.60. The lowest BCUT2D eigenvalue weighted by atomic mass is 9.85. The summed E-state index contributed by atoms with van der Waals surface area (Å²) < 4.78 is 12.1. The number of allylic oxidation sites excluding steroid dienone is 4. The van der Waals surface area contributed by atoms with Gasteiger partial charge in [0.05, 0.1) is 35.0 Å². The Kier molecular flexibility index (Phi) is 5.37. The van der Waals surface area contributed by atoms with Crippen LogP contribution in [0.1, 0.15) is 12.8 Å². The number of ether oxygens (including phenoxy) is 2. The first kappa shape index (κ1) is 25.5. The topological polar surface area (TPSA) is 93.2 Å². The first-order valence-electron chi connectivity index (χ1n) is 15.2. The van der Waals surface area contributed by atoms with Crippen LogP contribution in [0, 0.1) is 47.3 Å². The van der Waals surface area contributed by atoms with Gasteiger partial charge in [-0.2, -0.15) is 0 Å². The third kappa shape index (κ3) is 3.63. The smallest absolute Gasteiger partial charge is 0.238 e. The number of fused-ring (bicyclic) bond motifs is 10. The molecule has 2 saturated carbocycles. The average Bonchev–Trinajstić information content (AvgIpc) is 3.88. The van der Waals surface area contributed by atoms with Crippen LogP contribution in [0.25, 0.3) is 0 Å². The zero-order valence-corrected chi connectivity index (χ0v) is 23.6. The van der Waals surface area contributed by atoms with Gasteiger partial charge < -0.3 is 9.47 Å². The van der Waals surface area contributed by atoms with Crippen molar-refractivity contribution in [1.82, 2.24) is 0 Å². The van der Waals surface area contributed by atoms with Crippen LogP contribution in [0.2, 0.25) is 0 Å². The Morgan fingerprint density at radius 2 is 0.795 bits per heavy atom. The molecule has 3 aromatic carbocycles. The molecule has 0 N–H and O–H groups in total. The highest BCUT2D eigenvalue weighted by molar-refractivity contribution is 6.23. The number of benzene rings is 3. The Hall–Kier alpha value is -4.98. The normalized spacial score (nSPS) is 32.3. The Balaban J connectivity index is 0.864. The van der Waals surface area contributed by atoms with Crippen LogP contribution < -0.4 is 19.3 Å². The molecule has 3 aromatic rings. The highest BCUT2D eigenvalue weighted by Crippen LogP contribution is 2.54. The molecule has 0 radical (unpaired) electrons. The Morgan fingerprint density at radius 3 is 1.14 bits per heavy atom. The Morgan fingerprint density at radius 1 is 0.455 bits per heavy atom. The predicted molar refractivity (Wildman–Crippen MR) is 160 cm³/mol. The van der Waals surface area contributed by atoms with E-state index in [0.29, 0.717) is 34.4 Å². The predicted octanol–water partition coefficient (Wildman–Crippen LogP) is 5.89. The molecule has 218 valence electrons. The van der Waals surface area contributed by atoms with Crippen molar-refractivity contribution in [2.75, 3.05) is 9.80 Å². The van der Waals surface area contributed by atoms with E-state index in [1.54, 1.807) is 54.6 Å². The molecule has 2 heterocycles. The van der Waals surface area contributed by atoms with Crippen molar-refractivity contribution < 1.29 is 28.7 Å². The summed E-state index contributed by atoms with van der Waals surface area (Å²) >= 11 is 0. The standard InChI is InChI=1S/C36H28N2O6/c39-33-29-19-4-5-20(16-19)30(29)34(40)37(33)23-8-12-25(13-9-23)43-27-2-1-3-28(18-27)44-26-14-10-24(11-15-26)38-35(41)31-21-6-7-22(17-21)32(31)36(38)42/h1-15,18-22,29-32H,16-17H2/t19-,20-,21-,22+,29-,30+,31-,32-/m0/s1. The van der Waals surface area contributed by atoms with E-state index in [1.807, 2.05) is 18.2 Å². The number of carbonyl (C=O) groups is 4. The molecular formula is C36H28N2O6. The van der Waals surface area contributed by atoms with E-state index in [0.717, 1.165) is 12.8 Å². The molecule has 4 amide bonds. The minimum atomic E-state index is -0.232. The van der Waals surface area contributed by atoms with Crippen LogP contribution in [-0.4, -0.2) is 23.6 Å². The number of carbonyl (C=O) groups excluding carboxylic acids is 4. The molecule has 4 bridgehead atoms. The van der Waals surface area contributed by atoms with Gasteiger partial charge in [-0.3, -0.25) is 29.0 Å². The summed E-state index contributed by atoms with van der Waals surface area (Å²) in [7, 11) is 0. The molecule has 6 aliphatic rings. The van der Waals surface area contributed by atoms with E-state index in [-0.39, 0.29) is 71.0 Å². The van der Waals surface area contributed by atoms with E-state index < -0.39 is 0 Å². The van der Waals surface area contributed by atoms with Crippen molar-refractivity contribution in [3.63, 3.8) is 0 Å². The highest BCUT2D eigenvalue weighted by atomic mass is 16.5. The van der Waals surface area contributed by atoms with Gasteiger partial charge in [0.25, 0.3) is 0 Å². The zero-order valence-electron chi connectivity index (χ0n) is 23.6. The Labute approximate surface area is 253 Å². The van der Waals surface area contributed by atoms with Crippen molar-refractivity contribution in [2.45, 2.75) is 12.8 Å². The second-order valence-corrected chi connectivity index (χ2v) is 12.7. The number of hydrogen-bond acceptors (Lipinski definition) is 6. The average molecular weight is 585 g/mol. The van der Waals surface area contributed by atoms with E-state index in [2.05, 4.69) is 24.3 Å². The van der Waals surface area contributed by atoms with Crippen molar-refractivity contribution >= 4 is 35.0 Å². The molecule has 0 aromatic heterocycles. The molecule has 2 aliphatic heterocycles. The van der Waals surface area contributed by atoms with Gasteiger partial charge in [-0.25, -0.2) is 0 Å². The summed E-state index contributed by atoms with van der Waals surface area (Å²) in [4.78, 5) is 55.2. The first-order valence-corrected chi connectivity index (χ1v) is 15.2. The van der Waals surface area contributed by atoms with Crippen molar-refractivity contribution in [3.8, 4) is 23.0 Å². The first-order chi connectivity index (χ1) is 21.4. The summed E-state index contributed by atoms with van der Waals surface area (Å²) in [6.45, 7) is 0. The van der Waals surface area contributed by atoms with Crippen LogP contribution in [0.15, 0.2) is 97.1 Å². The molecule has 8 atom stereocenters. The van der Waals surface area contributed by atoms with Crippen molar-refractivity contribution in [1.29, 1.82) is 0 Å². The van der Waals surface area contributed by atoms with Gasteiger partial charge in [0.2, 0.25) is 23.6 Å². The fourth-order valence-electron chi connectivity index (χ4n) is 8.51. The number of anilines is 2. The lowest BCUT2D eigenvalue weighted by Gasteiger charge is -2.18. The molecule has 0 unspecified atom stereocenters. The number of amides is 4. The largest absolute Gasteiger partial charge is 0.457 e. The minimum Gasteiger partial charge on any atom is -0.457 e. The molecule has 44 heavy (non-hydrogen) atoms. The van der Waals surface area contributed by atoms with Gasteiger partial charge in [0.1, 0.15) is 23.0 Å². The molecule has 2 saturated heterocycles. The third-order valence-electron chi connectivity index (χ3n) is 10.4. The summed E-state index contributed by atoms with van der Waals surface area (Å²) in [6.07, 6.45) is 10.2. The summed E-state index contributed by atoms with van der Waals surface area (Å²) in [6, 6.07) is 21.2. The van der Waals surface area contributed by atoms with Crippen LogP contribution in [0.5, 0.6) is 23.0 Å². The van der Waals surface area contributed by atoms with Crippen LogP contribution in [0.3, 0.4) is 0 Å². The second kappa shape index (κ2) is 9.26. The Bertz CT molecular complexity index is 1620. The molecule has 8 heteroatoms. The van der Waals surface area contributed by atoms with Gasteiger partial charge in [-0.15, -0.1) is 0 Å². The van der Waals surface area contributed by atoms with Crippen molar-refractivity contribution in [2.24, 2.45) is 47.3 Å². The molecule has 8 nitrogen and oxygen atoms in total. The summed E-state index contributed by atoms with van der Waals surface area (Å²) in [5.74, 6) is 1.59. The van der Waals surface area contributed by atoms with E-state index in [9.17, 15) is 19.2 Å². The number of nitrogens with zero attached hydrogens (tertiary/aromatic N) is 2. The summed E-state index contributed by atoms with van der Waals surface area (Å²) in [5.41, 5.74) is 1.12. The van der Waals surface area contributed by atoms with E-state index in [1.165, 1.54) is 9.80 Å². The fraction of sp³-hybridized carbons (Fsp3) is 0.278. The maximum atomic E-state index is 13.1. The zero-order chi connectivity index (χ0) is 29.7. The maximum Gasteiger partial charge on any atom is 0.238 e.